The molecule has 3 heteroatoms. The van der Waals surface area contributed by atoms with Crippen molar-refractivity contribution in [2.75, 3.05) is 13.1 Å². The number of piperidine rings is 1. The molecule has 0 saturated carbocycles. The van der Waals surface area contributed by atoms with Gasteiger partial charge in [0.25, 0.3) is 0 Å². The minimum atomic E-state index is 0.622. The Labute approximate surface area is 85.5 Å². The van der Waals surface area contributed by atoms with E-state index in [0.29, 0.717) is 6.04 Å². The first-order valence-corrected chi connectivity index (χ1v) is 5.56. The van der Waals surface area contributed by atoms with Crippen LogP contribution in [0, 0.1) is 6.92 Å². The molecule has 78 valence electrons. The summed E-state index contributed by atoms with van der Waals surface area (Å²) in [6, 6.07) is 0.622. The standard InChI is InChI=1S/C11H19N3/c1-3-10-8-13-14(9(10)2)11-4-6-12-7-5-11/h8,11-12H,3-7H2,1-2H3. The van der Waals surface area contributed by atoms with Gasteiger partial charge >= 0.3 is 0 Å². The van der Waals surface area contributed by atoms with E-state index in [2.05, 4.69) is 28.9 Å². The van der Waals surface area contributed by atoms with E-state index < -0.39 is 0 Å². The van der Waals surface area contributed by atoms with Crippen LogP contribution in [-0.4, -0.2) is 22.9 Å². The summed E-state index contributed by atoms with van der Waals surface area (Å²) in [5, 5.41) is 7.88. The Morgan fingerprint density at radius 3 is 2.79 bits per heavy atom. The lowest BCUT2D eigenvalue weighted by Gasteiger charge is -2.24. The minimum Gasteiger partial charge on any atom is -0.317 e. The van der Waals surface area contributed by atoms with Crippen molar-refractivity contribution in [1.82, 2.24) is 15.1 Å². The van der Waals surface area contributed by atoms with Gasteiger partial charge in [-0.25, -0.2) is 0 Å². The molecule has 1 saturated heterocycles. The van der Waals surface area contributed by atoms with E-state index in [4.69, 9.17) is 0 Å². The van der Waals surface area contributed by atoms with E-state index in [1.807, 2.05) is 6.20 Å². The third-order valence-electron chi connectivity index (χ3n) is 3.18. The Kier molecular flexibility index (Phi) is 2.87. The number of aromatic nitrogens is 2. The zero-order valence-electron chi connectivity index (χ0n) is 9.08. The lowest BCUT2D eigenvalue weighted by molar-refractivity contribution is 0.338. The number of nitrogens with one attached hydrogen (secondary N) is 1. The highest BCUT2D eigenvalue weighted by Gasteiger charge is 2.17. The van der Waals surface area contributed by atoms with Crippen molar-refractivity contribution in [2.45, 2.75) is 39.2 Å². The zero-order valence-corrected chi connectivity index (χ0v) is 9.08. The van der Waals surface area contributed by atoms with Crippen molar-refractivity contribution in [1.29, 1.82) is 0 Å². The summed E-state index contributed by atoms with van der Waals surface area (Å²) >= 11 is 0. The fraction of sp³-hybridized carbons (Fsp3) is 0.727. The summed E-state index contributed by atoms with van der Waals surface area (Å²) in [5.74, 6) is 0. The van der Waals surface area contributed by atoms with E-state index in [-0.39, 0.29) is 0 Å². The average molecular weight is 193 g/mol. The first kappa shape index (κ1) is 9.71. The Morgan fingerprint density at radius 2 is 2.21 bits per heavy atom. The largest absolute Gasteiger partial charge is 0.317 e. The first-order chi connectivity index (χ1) is 6.83. The molecule has 1 aromatic rings. The van der Waals surface area contributed by atoms with Crippen LogP contribution in [0.2, 0.25) is 0 Å². The van der Waals surface area contributed by atoms with Crippen molar-refractivity contribution in [3.63, 3.8) is 0 Å². The van der Waals surface area contributed by atoms with Crippen LogP contribution in [0.5, 0.6) is 0 Å². The van der Waals surface area contributed by atoms with Crippen LogP contribution in [0.3, 0.4) is 0 Å². The summed E-state index contributed by atoms with van der Waals surface area (Å²) in [6.07, 6.45) is 5.55. The molecule has 0 atom stereocenters. The molecule has 0 amide bonds. The highest BCUT2D eigenvalue weighted by atomic mass is 15.3. The zero-order chi connectivity index (χ0) is 9.97. The van der Waals surface area contributed by atoms with Crippen LogP contribution >= 0.6 is 0 Å². The predicted octanol–water partition coefficient (Wildman–Crippen LogP) is 1.68. The highest BCUT2D eigenvalue weighted by Crippen LogP contribution is 2.21. The molecule has 0 radical (unpaired) electrons. The predicted molar refractivity (Wildman–Crippen MR) is 57.5 cm³/mol. The van der Waals surface area contributed by atoms with Crippen LogP contribution in [0.15, 0.2) is 6.20 Å². The molecule has 2 rings (SSSR count). The van der Waals surface area contributed by atoms with E-state index in [1.54, 1.807) is 0 Å². The molecule has 0 unspecified atom stereocenters. The third-order valence-corrected chi connectivity index (χ3v) is 3.18. The van der Waals surface area contributed by atoms with E-state index in [0.717, 1.165) is 19.5 Å². The summed E-state index contributed by atoms with van der Waals surface area (Å²) in [4.78, 5) is 0. The van der Waals surface area contributed by atoms with Crippen molar-refractivity contribution in [3.8, 4) is 0 Å². The van der Waals surface area contributed by atoms with Crippen molar-refractivity contribution >= 4 is 0 Å². The Balaban J connectivity index is 2.18. The molecule has 1 aromatic heterocycles. The summed E-state index contributed by atoms with van der Waals surface area (Å²) in [6.45, 7) is 6.64. The number of nitrogens with zero attached hydrogens (tertiary/aromatic N) is 2. The number of rotatable bonds is 2. The Morgan fingerprint density at radius 1 is 1.50 bits per heavy atom. The lowest BCUT2D eigenvalue weighted by atomic mass is 10.1. The number of aryl methyl sites for hydroxylation is 1. The molecule has 2 heterocycles. The fourth-order valence-electron chi connectivity index (χ4n) is 2.23. The molecule has 1 aliphatic heterocycles. The SMILES string of the molecule is CCc1cnn(C2CCNCC2)c1C. The third kappa shape index (κ3) is 1.69. The Hall–Kier alpha value is -0.830. The number of hydrogen-bond acceptors (Lipinski definition) is 2. The van der Waals surface area contributed by atoms with Crippen molar-refractivity contribution in [2.24, 2.45) is 0 Å². The molecule has 14 heavy (non-hydrogen) atoms. The second-order valence-electron chi connectivity index (χ2n) is 4.03. The van der Waals surface area contributed by atoms with Crippen LogP contribution < -0.4 is 5.32 Å². The Bertz CT molecular complexity index is 297. The molecule has 0 bridgehead atoms. The van der Waals surface area contributed by atoms with Crippen LogP contribution in [0.4, 0.5) is 0 Å². The van der Waals surface area contributed by atoms with Gasteiger partial charge in [0, 0.05) is 5.69 Å². The average Bonchev–Trinajstić information content (AvgIpc) is 2.61. The topological polar surface area (TPSA) is 29.9 Å². The van der Waals surface area contributed by atoms with Gasteiger partial charge in [0.05, 0.1) is 12.2 Å². The van der Waals surface area contributed by atoms with Gasteiger partial charge in [0.1, 0.15) is 0 Å². The maximum atomic E-state index is 4.50. The summed E-state index contributed by atoms with van der Waals surface area (Å²) < 4.78 is 2.22. The quantitative estimate of drug-likeness (QED) is 0.774. The first-order valence-electron chi connectivity index (χ1n) is 5.56. The van der Waals surface area contributed by atoms with Crippen LogP contribution in [-0.2, 0) is 6.42 Å². The maximum Gasteiger partial charge on any atom is 0.0546 e. The normalized spacial score (nSPS) is 18.7. The van der Waals surface area contributed by atoms with Crippen LogP contribution in [0.1, 0.15) is 37.1 Å². The van der Waals surface area contributed by atoms with E-state index in [1.165, 1.54) is 24.1 Å². The minimum absolute atomic E-state index is 0.622. The lowest BCUT2D eigenvalue weighted by Crippen LogP contribution is -2.30. The molecule has 1 aliphatic rings. The smallest absolute Gasteiger partial charge is 0.0546 e. The van der Waals surface area contributed by atoms with Gasteiger partial charge in [-0.2, -0.15) is 5.10 Å². The summed E-state index contributed by atoms with van der Waals surface area (Å²) in [5.41, 5.74) is 2.75. The summed E-state index contributed by atoms with van der Waals surface area (Å²) in [7, 11) is 0. The van der Waals surface area contributed by atoms with Gasteiger partial charge in [0.15, 0.2) is 0 Å². The van der Waals surface area contributed by atoms with Crippen molar-refractivity contribution in [3.05, 3.63) is 17.5 Å². The van der Waals surface area contributed by atoms with E-state index >= 15 is 0 Å². The maximum absolute atomic E-state index is 4.50. The van der Waals surface area contributed by atoms with Crippen LogP contribution in [0.25, 0.3) is 0 Å². The second kappa shape index (κ2) is 4.13. The van der Waals surface area contributed by atoms with Gasteiger partial charge in [0.2, 0.25) is 0 Å². The highest BCUT2D eigenvalue weighted by molar-refractivity contribution is 5.16. The van der Waals surface area contributed by atoms with Gasteiger partial charge in [-0.15, -0.1) is 0 Å². The molecule has 0 aromatic carbocycles. The van der Waals surface area contributed by atoms with Gasteiger partial charge in [-0.3, -0.25) is 4.68 Å². The number of hydrogen-bond donors (Lipinski definition) is 1. The van der Waals surface area contributed by atoms with E-state index in [9.17, 15) is 0 Å². The molecule has 0 spiro atoms. The molecule has 1 N–H and O–H groups in total. The molecule has 1 fully saturated rings. The van der Waals surface area contributed by atoms with Crippen molar-refractivity contribution < 1.29 is 0 Å². The molecule has 3 nitrogen and oxygen atoms in total. The molecular formula is C11H19N3. The van der Waals surface area contributed by atoms with Gasteiger partial charge < -0.3 is 5.32 Å². The van der Waals surface area contributed by atoms with Gasteiger partial charge in [-0.05, 0) is 44.8 Å². The fourth-order valence-corrected chi connectivity index (χ4v) is 2.23. The monoisotopic (exact) mass is 193 g/mol. The second-order valence-corrected chi connectivity index (χ2v) is 4.03. The molecular weight excluding hydrogens is 174 g/mol. The van der Waals surface area contributed by atoms with Gasteiger partial charge in [-0.1, -0.05) is 6.92 Å². The molecule has 0 aliphatic carbocycles.